The SMILES string of the molecule is COc1cccc(N2CCN(c3cc(C)nc4ccnn34)CC2)n1. The van der Waals surface area contributed by atoms with Crippen molar-refractivity contribution < 1.29 is 4.74 Å². The number of rotatable bonds is 3. The molecule has 0 unspecified atom stereocenters. The molecule has 0 aromatic carbocycles. The van der Waals surface area contributed by atoms with Crippen LogP contribution in [0.2, 0.25) is 0 Å². The molecular weight excluding hydrogens is 304 g/mol. The number of fused-ring (bicyclic) bond motifs is 1. The molecule has 0 amide bonds. The zero-order valence-corrected chi connectivity index (χ0v) is 13.9. The summed E-state index contributed by atoms with van der Waals surface area (Å²) in [6.45, 7) is 5.66. The molecule has 0 bridgehead atoms. The molecule has 124 valence electrons. The van der Waals surface area contributed by atoms with E-state index >= 15 is 0 Å². The number of hydrogen-bond acceptors (Lipinski definition) is 6. The number of nitrogens with zero attached hydrogens (tertiary/aromatic N) is 6. The second-order valence-electron chi connectivity index (χ2n) is 5.87. The first-order valence-electron chi connectivity index (χ1n) is 8.07. The number of aryl methyl sites for hydroxylation is 1. The van der Waals surface area contributed by atoms with Crippen LogP contribution in [0.1, 0.15) is 5.69 Å². The zero-order chi connectivity index (χ0) is 16.5. The standard InChI is InChI=1S/C17H20N6O/c1-13-12-17(23-15(19-13)6-7-18-23)22-10-8-21(9-11-22)14-4-3-5-16(20-14)24-2/h3-7,12H,8-11H2,1-2H3. The van der Waals surface area contributed by atoms with Gasteiger partial charge in [-0.15, -0.1) is 0 Å². The normalized spacial score (nSPS) is 15.1. The van der Waals surface area contributed by atoms with Gasteiger partial charge >= 0.3 is 0 Å². The van der Waals surface area contributed by atoms with Gasteiger partial charge in [0.05, 0.1) is 13.3 Å². The van der Waals surface area contributed by atoms with Gasteiger partial charge in [-0.05, 0) is 13.0 Å². The Morgan fingerprint density at radius 1 is 1.00 bits per heavy atom. The highest BCUT2D eigenvalue weighted by Gasteiger charge is 2.21. The van der Waals surface area contributed by atoms with Gasteiger partial charge in [0.25, 0.3) is 0 Å². The molecule has 1 fully saturated rings. The van der Waals surface area contributed by atoms with Crippen LogP contribution < -0.4 is 14.5 Å². The van der Waals surface area contributed by atoms with E-state index in [2.05, 4.69) is 30.9 Å². The predicted molar refractivity (Wildman–Crippen MR) is 92.9 cm³/mol. The van der Waals surface area contributed by atoms with Crippen molar-refractivity contribution >= 4 is 17.3 Å². The van der Waals surface area contributed by atoms with Crippen molar-refractivity contribution in [2.24, 2.45) is 0 Å². The second-order valence-corrected chi connectivity index (χ2v) is 5.87. The van der Waals surface area contributed by atoms with Crippen molar-refractivity contribution in [3.8, 4) is 5.88 Å². The number of anilines is 2. The van der Waals surface area contributed by atoms with E-state index in [1.807, 2.05) is 35.7 Å². The molecule has 0 radical (unpaired) electrons. The van der Waals surface area contributed by atoms with Gasteiger partial charge in [-0.3, -0.25) is 0 Å². The third-order valence-corrected chi connectivity index (χ3v) is 4.31. The van der Waals surface area contributed by atoms with Crippen molar-refractivity contribution in [1.82, 2.24) is 19.6 Å². The highest BCUT2D eigenvalue weighted by Crippen LogP contribution is 2.22. The van der Waals surface area contributed by atoms with Gasteiger partial charge in [-0.1, -0.05) is 6.07 Å². The fourth-order valence-electron chi connectivity index (χ4n) is 3.10. The smallest absolute Gasteiger partial charge is 0.214 e. The van der Waals surface area contributed by atoms with Gasteiger partial charge in [0.15, 0.2) is 5.65 Å². The number of ether oxygens (including phenoxy) is 1. The number of methoxy groups -OCH3 is 1. The Morgan fingerprint density at radius 3 is 2.58 bits per heavy atom. The predicted octanol–water partition coefficient (Wildman–Crippen LogP) is 1.77. The number of pyridine rings is 1. The average Bonchev–Trinajstić information content (AvgIpc) is 3.09. The maximum absolute atomic E-state index is 5.22. The third kappa shape index (κ3) is 2.62. The first-order chi connectivity index (χ1) is 11.7. The van der Waals surface area contributed by atoms with E-state index in [4.69, 9.17) is 4.74 Å². The van der Waals surface area contributed by atoms with Crippen LogP contribution in [0.15, 0.2) is 36.5 Å². The second kappa shape index (κ2) is 5.99. The molecule has 0 N–H and O–H groups in total. The van der Waals surface area contributed by atoms with E-state index in [-0.39, 0.29) is 0 Å². The summed E-state index contributed by atoms with van der Waals surface area (Å²) in [4.78, 5) is 13.7. The molecule has 1 aliphatic heterocycles. The molecule has 0 saturated carbocycles. The summed E-state index contributed by atoms with van der Waals surface area (Å²) in [6, 6.07) is 9.91. The lowest BCUT2D eigenvalue weighted by atomic mass is 10.3. The Balaban J connectivity index is 1.54. The molecule has 4 rings (SSSR count). The lowest BCUT2D eigenvalue weighted by molar-refractivity contribution is 0.397. The minimum atomic E-state index is 0.651. The molecular formula is C17H20N6O. The molecule has 3 aromatic heterocycles. The van der Waals surface area contributed by atoms with Gasteiger partial charge < -0.3 is 14.5 Å². The van der Waals surface area contributed by atoms with E-state index in [0.717, 1.165) is 49.2 Å². The fraction of sp³-hybridized carbons (Fsp3) is 0.353. The quantitative estimate of drug-likeness (QED) is 0.732. The van der Waals surface area contributed by atoms with E-state index in [1.165, 1.54) is 0 Å². The Bertz CT molecular complexity index is 853. The van der Waals surface area contributed by atoms with E-state index < -0.39 is 0 Å². The van der Waals surface area contributed by atoms with E-state index in [1.54, 1.807) is 13.3 Å². The maximum Gasteiger partial charge on any atom is 0.214 e. The zero-order valence-electron chi connectivity index (χ0n) is 13.9. The number of piperazine rings is 1. The molecule has 0 atom stereocenters. The molecule has 7 nitrogen and oxygen atoms in total. The first-order valence-corrected chi connectivity index (χ1v) is 8.07. The van der Waals surface area contributed by atoms with Gasteiger partial charge in [0.2, 0.25) is 5.88 Å². The third-order valence-electron chi connectivity index (χ3n) is 4.31. The Hall–Kier alpha value is -2.83. The highest BCUT2D eigenvalue weighted by molar-refractivity contribution is 5.52. The largest absolute Gasteiger partial charge is 0.481 e. The monoisotopic (exact) mass is 324 g/mol. The van der Waals surface area contributed by atoms with Crippen molar-refractivity contribution in [3.05, 3.63) is 42.2 Å². The molecule has 0 aliphatic carbocycles. The number of aromatic nitrogens is 4. The minimum absolute atomic E-state index is 0.651. The molecule has 0 spiro atoms. The fourth-order valence-corrected chi connectivity index (χ4v) is 3.10. The van der Waals surface area contributed by atoms with Gasteiger partial charge in [-0.25, -0.2) is 4.98 Å². The van der Waals surface area contributed by atoms with Crippen LogP contribution in [0.3, 0.4) is 0 Å². The summed E-state index contributed by atoms with van der Waals surface area (Å²) < 4.78 is 7.13. The summed E-state index contributed by atoms with van der Waals surface area (Å²) in [5.41, 5.74) is 1.90. The van der Waals surface area contributed by atoms with Crippen LogP contribution in [0.4, 0.5) is 11.6 Å². The van der Waals surface area contributed by atoms with Crippen LogP contribution in [-0.4, -0.2) is 52.9 Å². The van der Waals surface area contributed by atoms with Crippen LogP contribution >= 0.6 is 0 Å². The molecule has 1 aliphatic rings. The average molecular weight is 324 g/mol. The van der Waals surface area contributed by atoms with Crippen LogP contribution in [0, 0.1) is 6.92 Å². The number of hydrogen-bond donors (Lipinski definition) is 0. The Kier molecular flexibility index (Phi) is 3.68. The summed E-state index contributed by atoms with van der Waals surface area (Å²) in [5, 5.41) is 4.40. The molecule has 7 heteroatoms. The van der Waals surface area contributed by atoms with Crippen LogP contribution in [-0.2, 0) is 0 Å². The summed E-state index contributed by atoms with van der Waals surface area (Å²) in [6.07, 6.45) is 1.79. The lowest BCUT2D eigenvalue weighted by Gasteiger charge is -2.36. The minimum Gasteiger partial charge on any atom is -0.481 e. The van der Waals surface area contributed by atoms with Crippen molar-refractivity contribution in [2.75, 3.05) is 43.1 Å². The molecule has 3 aromatic rings. The van der Waals surface area contributed by atoms with Gasteiger partial charge in [0, 0.05) is 50.1 Å². The van der Waals surface area contributed by atoms with E-state index in [9.17, 15) is 0 Å². The molecule has 4 heterocycles. The highest BCUT2D eigenvalue weighted by atomic mass is 16.5. The van der Waals surface area contributed by atoms with E-state index in [0.29, 0.717) is 5.88 Å². The van der Waals surface area contributed by atoms with Gasteiger partial charge in [0.1, 0.15) is 11.6 Å². The first kappa shape index (κ1) is 14.7. The van der Waals surface area contributed by atoms with Crippen LogP contribution in [0.25, 0.3) is 5.65 Å². The Labute approximate surface area is 140 Å². The van der Waals surface area contributed by atoms with Crippen molar-refractivity contribution in [1.29, 1.82) is 0 Å². The maximum atomic E-state index is 5.22. The lowest BCUT2D eigenvalue weighted by Crippen LogP contribution is -2.47. The summed E-state index contributed by atoms with van der Waals surface area (Å²) in [5.74, 6) is 2.71. The molecule has 1 saturated heterocycles. The summed E-state index contributed by atoms with van der Waals surface area (Å²) in [7, 11) is 1.64. The van der Waals surface area contributed by atoms with Gasteiger partial charge in [-0.2, -0.15) is 14.6 Å². The van der Waals surface area contributed by atoms with Crippen molar-refractivity contribution in [2.45, 2.75) is 6.92 Å². The molecule has 24 heavy (non-hydrogen) atoms. The van der Waals surface area contributed by atoms with Crippen molar-refractivity contribution in [3.63, 3.8) is 0 Å². The topological polar surface area (TPSA) is 58.8 Å². The summed E-state index contributed by atoms with van der Waals surface area (Å²) >= 11 is 0. The van der Waals surface area contributed by atoms with Crippen LogP contribution in [0.5, 0.6) is 5.88 Å². The Morgan fingerprint density at radius 2 is 1.79 bits per heavy atom.